The minimum Gasteiger partial charge on any atom is -0.339 e. The molecule has 0 spiro atoms. The molecule has 0 fully saturated rings. The number of benzene rings is 1. The van der Waals surface area contributed by atoms with Gasteiger partial charge in [0.15, 0.2) is 10.7 Å². The Labute approximate surface area is 80.4 Å². The summed E-state index contributed by atoms with van der Waals surface area (Å²) in [6, 6.07) is 4.95. The van der Waals surface area contributed by atoms with E-state index in [0.717, 1.165) is 4.47 Å². The van der Waals surface area contributed by atoms with Crippen LogP contribution in [-0.4, -0.2) is 20.1 Å². The summed E-state index contributed by atoms with van der Waals surface area (Å²) in [7, 11) is 0. The second kappa shape index (κ2) is 2.77. The number of hydrogen-bond donors (Lipinski definition) is 0. The fourth-order valence-electron chi connectivity index (χ4n) is 1.01. The summed E-state index contributed by atoms with van der Waals surface area (Å²) in [5.74, 6) is 0. The lowest BCUT2D eigenvalue weighted by Crippen LogP contribution is -2.09. The van der Waals surface area contributed by atoms with Crippen LogP contribution in [0.1, 0.15) is 0 Å². The highest BCUT2D eigenvalue weighted by molar-refractivity contribution is 9.10. The second-order valence-electron chi connectivity index (χ2n) is 2.35. The van der Waals surface area contributed by atoms with Crippen LogP contribution in [-0.2, 0) is 0 Å². The third-order valence-corrected chi connectivity index (χ3v) is 2.04. The van der Waals surface area contributed by atoms with Crippen molar-refractivity contribution >= 4 is 27.0 Å². The van der Waals surface area contributed by atoms with Gasteiger partial charge in [-0.2, -0.15) is 0 Å². The zero-order chi connectivity index (χ0) is 9.42. The molecule has 0 saturated carbocycles. The summed E-state index contributed by atoms with van der Waals surface area (Å²) in [5, 5.41) is 16.8. The quantitative estimate of drug-likeness (QED) is 0.557. The Kier molecular flexibility index (Phi) is 1.73. The molecule has 0 radical (unpaired) electrons. The summed E-state index contributed by atoms with van der Waals surface area (Å²) in [6.45, 7) is 0. The topological polar surface area (TPSA) is 73.8 Å². The molecule has 7 heteroatoms. The first-order chi connectivity index (χ1) is 6.18. The summed E-state index contributed by atoms with van der Waals surface area (Å²) >= 11 is 3.23. The summed E-state index contributed by atoms with van der Waals surface area (Å²) in [4.78, 5) is 11.1. The Balaban J connectivity index is 2.76. The predicted octanol–water partition coefficient (Wildman–Crippen LogP) is 1.23. The van der Waals surface area contributed by atoms with Crippen LogP contribution in [0.3, 0.4) is 0 Å². The van der Waals surface area contributed by atoms with Crippen molar-refractivity contribution in [1.82, 2.24) is 15.1 Å². The fourth-order valence-corrected chi connectivity index (χ4v) is 1.35. The summed E-state index contributed by atoms with van der Waals surface area (Å²) < 4.78 is 0.815. The van der Waals surface area contributed by atoms with Gasteiger partial charge in [0.25, 0.3) is 0 Å². The highest BCUT2D eigenvalue weighted by atomic mass is 79.9. The third kappa shape index (κ3) is 1.26. The molecule has 0 bridgehead atoms. The number of rotatable bonds is 1. The highest BCUT2D eigenvalue weighted by Gasteiger charge is 2.12. The SMILES string of the molecule is O=[N+]([O-])n1nnc2cc(Br)ccc21. The summed E-state index contributed by atoms with van der Waals surface area (Å²) in [6.07, 6.45) is 0. The third-order valence-electron chi connectivity index (χ3n) is 1.54. The van der Waals surface area contributed by atoms with Crippen molar-refractivity contribution in [1.29, 1.82) is 0 Å². The van der Waals surface area contributed by atoms with Crippen molar-refractivity contribution in [3.05, 3.63) is 32.8 Å². The number of aromatic nitrogens is 3. The van der Waals surface area contributed by atoms with E-state index in [4.69, 9.17) is 0 Å². The molecule has 1 aromatic carbocycles. The Morgan fingerprint density at radius 1 is 1.54 bits per heavy atom. The van der Waals surface area contributed by atoms with Gasteiger partial charge in [0.05, 0.1) is 9.82 Å². The lowest BCUT2D eigenvalue weighted by Gasteiger charge is -1.91. The first-order valence-electron chi connectivity index (χ1n) is 3.34. The van der Waals surface area contributed by atoms with E-state index in [9.17, 15) is 10.1 Å². The van der Waals surface area contributed by atoms with Gasteiger partial charge < -0.3 is 10.1 Å². The largest absolute Gasteiger partial charge is 0.339 e. The number of nitrogens with zero attached hydrogens (tertiary/aromatic N) is 4. The van der Waals surface area contributed by atoms with Gasteiger partial charge in [-0.1, -0.05) is 15.9 Å². The van der Waals surface area contributed by atoms with E-state index in [1.165, 1.54) is 0 Å². The fraction of sp³-hybridized carbons (Fsp3) is 0. The minimum atomic E-state index is -0.622. The smallest absolute Gasteiger partial charge is 0.183 e. The normalized spacial score (nSPS) is 10.5. The van der Waals surface area contributed by atoms with Gasteiger partial charge in [-0.05, 0) is 23.3 Å². The van der Waals surface area contributed by atoms with E-state index in [1.54, 1.807) is 18.2 Å². The van der Waals surface area contributed by atoms with Crippen LogP contribution < -0.4 is 0 Å². The maximum absolute atomic E-state index is 10.4. The molecule has 0 saturated heterocycles. The predicted molar refractivity (Wildman–Crippen MR) is 47.6 cm³/mol. The van der Waals surface area contributed by atoms with Crippen LogP contribution >= 0.6 is 15.9 Å². The van der Waals surface area contributed by atoms with Crippen LogP contribution in [0.2, 0.25) is 0 Å². The maximum Gasteiger partial charge on any atom is 0.183 e. The average molecular weight is 243 g/mol. The van der Waals surface area contributed by atoms with E-state index in [1.807, 2.05) is 0 Å². The molecule has 2 rings (SSSR count). The van der Waals surface area contributed by atoms with Crippen molar-refractivity contribution in [3.63, 3.8) is 0 Å². The van der Waals surface area contributed by atoms with E-state index >= 15 is 0 Å². The Morgan fingerprint density at radius 2 is 2.31 bits per heavy atom. The van der Waals surface area contributed by atoms with Crippen LogP contribution in [0.4, 0.5) is 0 Å². The number of halogens is 1. The molecule has 0 N–H and O–H groups in total. The Morgan fingerprint density at radius 3 is 3.00 bits per heavy atom. The van der Waals surface area contributed by atoms with Gasteiger partial charge >= 0.3 is 0 Å². The van der Waals surface area contributed by atoms with Crippen molar-refractivity contribution in [3.8, 4) is 0 Å². The zero-order valence-electron chi connectivity index (χ0n) is 6.22. The van der Waals surface area contributed by atoms with Crippen molar-refractivity contribution < 1.29 is 5.03 Å². The highest BCUT2D eigenvalue weighted by Crippen LogP contribution is 2.16. The molecule has 0 aliphatic rings. The van der Waals surface area contributed by atoms with E-state index in [2.05, 4.69) is 26.2 Å². The minimum absolute atomic E-state index is 0.383. The molecule has 1 heterocycles. The molecular weight excluding hydrogens is 240 g/mol. The molecule has 0 aliphatic heterocycles. The Hall–Kier alpha value is -1.50. The van der Waals surface area contributed by atoms with Crippen molar-refractivity contribution in [2.75, 3.05) is 0 Å². The van der Waals surface area contributed by atoms with Gasteiger partial charge in [-0.25, -0.2) is 0 Å². The van der Waals surface area contributed by atoms with Gasteiger partial charge in [0, 0.05) is 4.47 Å². The molecule has 0 amide bonds. The van der Waals surface area contributed by atoms with Gasteiger partial charge in [0.2, 0.25) is 0 Å². The molecular formula is C6H3BrN4O2. The monoisotopic (exact) mass is 242 g/mol. The lowest BCUT2D eigenvalue weighted by atomic mass is 10.3. The molecule has 0 unspecified atom stereocenters. The molecule has 1 aromatic heterocycles. The summed E-state index contributed by atoms with van der Waals surface area (Å²) in [5.41, 5.74) is 0.874. The molecule has 0 atom stereocenters. The Bertz CT molecular complexity index is 480. The number of fused-ring (bicyclic) bond motifs is 1. The van der Waals surface area contributed by atoms with Crippen molar-refractivity contribution in [2.45, 2.75) is 0 Å². The van der Waals surface area contributed by atoms with E-state index < -0.39 is 5.03 Å². The second-order valence-corrected chi connectivity index (χ2v) is 3.27. The standard InChI is InChI=1S/C6H3BrN4O2/c7-4-1-2-6-5(3-4)8-9-10(6)11(12)13/h1-3H. The van der Waals surface area contributed by atoms with Crippen molar-refractivity contribution in [2.24, 2.45) is 0 Å². The maximum atomic E-state index is 10.4. The van der Waals surface area contributed by atoms with E-state index in [-0.39, 0.29) is 0 Å². The molecule has 13 heavy (non-hydrogen) atoms. The molecule has 2 aromatic rings. The first-order valence-corrected chi connectivity index (χ1v) is 4.13. The van der Waals surface area contributed by atoms with Gasteiger partial charge in [0.1, 0.15) is 5.52 Å². The number of hydrogen-bond acceptors (Lipinski definition) is 4. The molecule has 66 valence electrons. The van der Waals surface area contributed by atoms with Gasteiger partial charge in [-0.15, -0.1) is 0 Å². The number of nitro groups is 1. The zero-order valence-corrected chi connectivity index (χ0v) is 7.80. The van der Waals surface area contributed by atoms with Gasteiger partial charge in [-0.3, -0.25) is 0 Å². The van der Waals surface area contributed by atoms with Crippen LogP contribution in [0.25, 0.3) is 11.0 Å². The van der Waals surface area contributed by atoms with E-state index in [0.29, 0.717) is 15.8 Å². The molecule has 6 nitrogen and oxygen atoms in total. The van der Waals surface area contributed by atoms with Crippen LogP contribution in [0.15, 0.2) is 22.7 Å². The van der Waals surface area contributed by atoms with Crippen LogP contribution in [0.5, 0.6) is 0 Å². The average Bonchev–Trinajstić information content (AvgIpc) is 2.46. The molecule has 0 aliphatic carbocycles. The lowest BCUT2D eigenvalue weighted by molar-refractivity contribution is -0.549. The first kappa shape index (κ1) is 8.11. The van der Waals surface area contributed by atoms with Crippen LogP contribution in [0, 0.1) is 10.1 Å².